The Kier molecular flexibility index (Phi) is 4.14. The molecule has 0 spiro atoms. The molecule has 0 bridgehead atoms. The Bertz CT molecular complexity index is 901. The number of aryl methyl sites for hydroxylation is 1. The van der Waals surface area contributed by atoms with Crippen molar-refractivity contribution in [3.05, 3.63) is 66.2 Å². The number of carbonyl (C=O) groups is 1. The molecule has 3 aromatic heterocycles. The number of carbonyl (C=O) groups excluding carboxylic acids is 1. The average molecular weight is 334 g/mol. The monoisotopic (exact) mass is 334 g/mol. The van der Waals surface area contributed by atoms with Gasteiger partial charge in [-0.15, -0.1) is 0 Å². The number of aromatic nitrogens is 2. The Morgan fingerprint density at radius 1 is 1.04 bits per heavy atom. The lowest BCUT2D eigenvalue weighted by Gasteiger charge is -2.24. The van der Waals surface area contributed by atoms with Crippen molar-refractivity contribution in [2.45, 2.75) is 13.3 Å². The largest absolute Gasteiger partial charge is 0.370 e. The summed E-state index contributed by atoms with van der Waals surface area (Å²) in [6.07, 6.45) is 4.77. The van der Waals surface area contributed by atoms with Gasteiger partial charge in [0.2, 0.25) is 0 Å². The summed E-state index contributed by atoms with van der Waals surface area (Å²) >= 11 is 0. The molecule has 4 rings (SSSR count). The summed E-state index contributed by atoms with van der Waals surface area (Å²) in [6, 6.07) is 14.0. The van der Waals surface area contributed by atoms with Gasteiger partial charge in [0.05, 0.1) is 0 Å². The van der Waals surface area contributed by atoms with Gasteiger partial charge in [-0.05, 0) is 49.7 Å². The predicted octanol–water partition coefficient (Wildman–Crippen LogP) is 3.00. The van der Waals surface area contributed by atoms with Gasteiger partial charge >= 0.3 is 0 Å². The molecule has 25 heavy (non-hydrogen) atoms. The van der Waals surface area contributed by atoms with Gasteiger partial charge in [0.1, 0.15) is 5.69 Å². The summed E-state index contributed by atoms with van der Waals surface area (Å²) < 4.78 is 1.97. The van der Waals surface area contributed by atoms with E-state index in [0.29, 0.717) is 0 Å². The van der Waals surface area contributed by atoms with Crippen molar-refractivity contribution in [2.24, 2.45) is 0 Å². The summed E-state index contributed by atoms with van der Waals surface area (Å²) in [4.78, 5) is 21.6. The van der Waals surface area contributed by atoms with Crippen molar-refractivity contribution in [3.63, 3.8) is 0 Å². The van der Waals surface area contributed by atoms with Crippen LogP contribution in [-0.2, 0) is 0 Å². The number of amides is 1. The molecule has 4 heterocycles. The molecular formula is C20H22N4O. The van der Waals surface area contributed by atoms with Crippen molar-refractivity contribution < 1.29 is 4.79 Å². The molecule has 0 N–H and O–H groups in total. The van der Waals surface area contributed by atoms with Gasteiger partial charge in [-0.25, -0.2) is 0 Å². The molecule has 0 unspecified atom stereocenters. The van der Waals surface area contributed by atoms with E-state index in [2.05, 4.69) is 16.0 Å². The summed E-state index contributed by atoms with van der Waals surface area (Å²) in [5.74, 6) is 0.110. The molecule has 1 fully saturated rings. The van der Waals surface area contributed by atoms with E-state index < -0.39 is 0 Å². The minimum atomic E-state index is 0.110. The molecule has 0 atom stereocenters. The molecule has 0 aliphatic carbocycles. The quantitative estimate of drug-likeness (QED) is 0.723. The fourth-order valence-corrected chi connectivity index (χ4v) is 3.50. The number of nitrogens with zero attached hydrogens (tertiary/aromatic N) is 4. The van der Waals surface area contributed by atoms with Crippen LogP contribution < -0.4 is 4.90 Å². The molecule has 5 heteroatoms. The molecule has 0 radical (unpaired) electrons. The van der Waals surface area contributed by atoms with E-state index in [1.165, 1.54) is 5.69 Å². The lowest BCUT2D eigenvalue weighted by atomic mass is 10.3. The van der Waals surface area contributed by atoms with Crippen LogP contribution >= 0.6 is 0 Å². The smallest absolute Gasteiger partial charge is 0.270 e. The third kappa shape index (κ3) is 3.09. The Morgan fingerprint density at radius 2 is 1.96 bits per heavy atom. The lowest BCUT2D eigenvalue weighted by molar-refractivity contribution is 0.0760. The maximum atomic E-state index is 13.0. The van der Waals surface area contributed by atoms with E-state index in [-0.39, 0.29) is 5.91 Å². The number of anilines is 1. The summed E-state index contributed by atoms with van der Waals surface area (Å²) in [6.45, 7) is 5.34. The summed E-state index contributed by atoms with van der Waals surface area (Å²) in [5.41, 5.74) is 4.00. The second-order valence-electron chi connectivity index (χ2n) is 6.50. The third-order valence-corrected chi connectivity index (χ3v) is 4.81. The molecule has 1 aliphatic heterocycles. The van der Waals surface area contributed by atoms with Crippen molar-refractivity contribution in [3.8, 4) is 0 Å². The highest BCUT2D eigenvalue weighted by molar-refractivity contribution is 5.94. The van der Waals surface area contributed by atoms with Gasteiger partial charge in [0.15, 0.2) is 0 Å². The Balaban J connectivity index is 1.51. The van der Waals surface area contributed by atoms with Crippen LogP contribution in [0, 0.1) is 6.92 Å². The Hall–Kier alpha value is -2.82. The number of rotatable bonds is 2. The highest BCUT2D eigenvalue weighted by Crippen LogP contribution is 2.18. The first kappa shape index (κ1) is 15.7. The second-order valence-corrected chi connectivity index (χ2v) is 6.50. The normalized spacial score (nSPS) is 15.4. The minimum absolute atomic E-state index is 0.110. The standard InChI is InChI=1S/C20H22N4O/c1-16-15-18(8-9-21-16)22-10-4-11-23(14-13-22)20(25)19-7-6-17-5-2-3-12-24(17)19/h2-3,5-9,12,15H,4,10-11,13-14H2,1H3. The first-order chi connectivity index (χ1) is 12.2. The topological polar surface area (TPSA) is 40.9 Å². The first-order valence-electron chi connectivity index (χ1n) is 8.75. The van der Waals surface area contributed by atoms with Gasteiger partial charge in [-0.3, -0.25) is 9.78 Å². The Labute approximate surface area is 147 Å². The van der Waals surface area contributed by atoms with E-state index in [4.69, 9.17) is 0 Å². The number of fused-ring (bicyclic) bond motifs is 1. The number of hydrogen-bond acceptors (Lipinski definition) is 3. The van der Waals surface area contributed by atoms with E-state index in [9.17, 15) is 4.79 Å². The summed E-state index contributed by atoms with van der Waals surface area (Å²) in [7, 11) is 0. The van der Waals surface area contributed by atoms with Gasteiger partial charge < -0.3 is 14.2 Å². The molecular weight excluding hydrogens is 312 g/mol. The number of hydrogen-bond donors (Lipinski definition) is 0. The van der Waals surface area contributed by atoms with Crippen LogP contribution in [0.4, 0.5) is 5.69 Å². The molecule has 1 amide bonds. The predicted molar refractivity (Wildman–Crippen MR) is 99.1 cm³/mol. The lowest BCUT2D eigenvalue weighted by Crippen LogP contribution is -2.35. The van der Waals surface area contributed by atoms with Crippen LogP contribution in [-0.4, -0.2) is 46.4 Å². The third-order valence-electron chi connectivity index (χ3n) is 4.81. The first-order valence-corrected chi connectivity index (χ1v) is 8.75. The van der Waals surface area contributed by atoms with E-state index >= 15 is 0 Å². The van der Waals surface area contributed by atoms with Crippen molar-refractivity contribution in [1.82, 2.24) is 14.3 Å². The molecule has 0 saturated carbocycles. The van der Waals surface area contributed by atoms with Gasteiger partial charge in [-0.2, -0.15) is 0 Å². The van der Waals surface area contributed by atoms with Crippen LogP contribution in [0.2, 0.25) is 0 Å². The fraction of sp³-hybridized carbons (Fsp3) is 0.300. The van der Waals surface area contributed by atoms with Crippen LogP contribution in [0.25, 0.3) is 5.52 Å². The molecule has 0 aromatic carbocycles. The second kappa shape index (κ2) is 6.59. The zero-order valence-corrected chi connectivity index (χ0v) is 14.4. The van der Waals surface area contributed by atoms with Crippen LogP contribution in [0.1, 0.15) is 22.6 Å². The highest BCUT2D eigenvalue weighted by Gasteiger charge is 2.22. The van der Waals surface area contributed by atoms with Crippen molar-refractivity contribution in [1.29, 1.82) is 0 Å². The molecule has 1 saturated heterocycles. The zero-order valence-electron chi connectivity index (χ0n) is 14.4. The maximum Gasteiger partial charge on any atom is 0.270 e. The molecule has 5 nitrogen and oxygen atoms in total. The van der Waals surface area contributed by atoms with Crippen molar-refractivity contribution in [2.75, 3.05) is 31.1 Å². The fourth-order valence-electron chi connectivity index (χ4n) is 3.50. The van der Waals surface area contributed by atoms with Crippen LogP contribution in [0.3, 0.4) is 0 Å². The minimum Gasteiger partial charge on any atom is -0.370 e. The van der Waals surface area contributed by atoms with E-state index in [1.807, 2.05) is 65.0 Å². The van der Waals surface area contributed by atoms with Crippen molar-refractivity contribution >= 4 is 17.1 Å². The van der Waals surface area contributed by atoms with Gasteiger partial charge in [0, 0.05) is 55.5 Å². The highest BCUT2D eigenvalue weighted by atomic mass is 16.2. The van der Waals surface area contributed by atoms with Gasteiger partial charge in [0.25, 0.3) is 5.91 Å². The van der Waals surface area contributed by atoms with E-state index in [1.54, 1.807) is 0 Å². The molecule has 1 aliphatic rings. The Morgan fingerprint density at radius 3 is 2.84 bits per heavy atom. The van der Waals surface area contributed by atoms with E-state index in [0.717, 1.165) is 49.5 Å². The number of pyridine rings is 2. The SMILES string of the molecule is Cc1cc(N2CCCN(C(=O)c3ccc4ccccn34)CC2)ccn1. The average Bonchev–Trinajstić information content (AvgIpc) is 2.90. The summed E-state index contributed by atoms with van der Waals surface area (Å²) in [5, 5.41) is 0. The molecule has 3 aromatic rings. The van der Waals surface area contributed by atoms with Gasteiger partial charge in [-0.1, -0.05) is 6.07 Å². The zero-order chi connectivity index (χ0) is 17.2. The van der Waals surface area contributed by atoms with Crippen LogP contribution in [0.15, 0.2) is 54.9 Å². The van der Waals surface area contributed by atoms with Crippen LogP contribution in [0.5, 0.6) is 0 Å². The maximum absolute atomic E-state index is 13.0. The molecule has 128 valence electrons.